The van der Waals surface area contributed by atoms with Crippen LogP contribution in [-0.4, -0.2) is 24.0 Å². The fourth-order valence-electron chi connectivity index (χ4n) is 3.40. The van der Waals surface area contributed by atoms with Gasteiger partial charge in [-0.3, -0.25) is 4.90 Å². The first-order valence-electron chi connectivity index (χ1n) is 7.21. The van der Waals surface area contributed by atoms with Crippen molar-refractivity contribution in [2.45, 2.75) is 44.7 Å². The van der Waals surface area contributed by atoms with E-state index >= 15 is 0 Å². The average molecular weight is 325 g/mol. The van der Waals surface area contributed by atoms with Crippen LogP contribution >= 0.6 is 15.9 Å². The van der Waals surface area contributed by atoms with E-state index in [1.807, 2.05) is 0 Å². The number of likely N-dealkylation sites (N-methyl/N-ethyl adjacent to an activating group) is 1. The lowest BCUT2D eigenvalue weighted by molar-refractivity contribution is 0.0554. The zero-order valence-electron chi connectivity index (χ0n) is 12.0. The summed E-state index contributed by atoms with van der Waals surface area (Å²) in [6, 6.07) is 8.57. The molecule has 1 aromatic carbocycles. The van der Waals surface area contributed by atoms with Crippen molar-refractivity contribution >= 4 is 15.9 Å². The first kappa shape index (κ1) is 15.0. The van der Waals surface area contributed by atoms with Crippen molar-refractivity contribution in [1.29, 1.82) is 0 Å². The van der Waals surface area contributed by atoms with Gasteiger partial charge in [-0.1, -0.05) is 47.8 Å². The molecule has 1 aromatic rings. The predicted molar refractivity (Wildman–Crippen MR) is 85.0 cm³/mol. The Labute approximate surface area is 125 Å². The molecule has 1 saturated carbocycles. The molecule has 0 aromatic heterocycles. The van der Waals surface area contributed by atoms with Crippen molar-refractivity contribution < 1.29 is 0 Å². The van der Waals surface area contributed by atoms with Crippen LogP contribution in [-0.2, 0) is 6.54 Å². The molecule has 0 amide bonds. The lowest BCUT2D eigenvalue weighted by Crippen LogP contribution is -2.54. The van der Waals surface area contributed by atoms with Crippen LogP contribution in [0.4, 0.5) is 0 Å². The second-order valence-corrected chi connectivity index (χ2v) is 7.03. The Bertz CT molecular complexity index is 421. The monoisotopic (exact) mass is 324 g/mol. The summed E-state index contributed by atoms with van der Waals surface area (Å²) in [5.41, 5.74) is 7.68. The van der Waals surface area contributed by atoms with Crippen LogP contribution in [0.25, 0.3) is 0 Å². The molecule has 0 radical (unpaired) electrons. The zero-order chi connectivity index (χ0) is 13.9. The van der Waals surface area contributed by atoms with Gasteiger partial charge in [0.25, 0.3) is 0 Å². The van der Waals surface area contributed by atoms with E-state index in [1.54, 1.807) is 0 Å². The van der Waals surface area contributed by atoms with Gasteiger partial charge in [0.15, 0.2) is 0 Å². The second-order valence-electron chi connectivity index (χ2n) is 6.12. The maximum Gasteiger partial charge on any atom is 0.0334 e. The summed E-state index contributed by atoms with van der Waals surface area (Å²) in [6.45, 7) is 4.10. The van der Waals surface area contributed by atoms with E-state index < -0.39 is 0 Å². The van der Waals surface area contributed by atoms with Gasteiger partial charge < -0.3 is 5.73 Å². The fourth-order valence-corrected chi connectivity index (χ4v) is 3.84. The van der Waals surface area contributed by atoms with E-state index in [0.717, 1.165) is 23.5 Å². The van der Waals surface area contributed by atoms with Crippen molar-refractivity contribution in [3.8, 4) is 0 Å². The molecule has 19 heavy (non-hydrogen) atoms. The molecule has 1 aliphatic carbocycles. The highest BCUT2D eigenvalue weighted by atomic mass is 79.9. The van der Waals surface area contributed by atoms with Gasteiger partial charge in [0.05, 0.1) is 0 Å². The molecule has 0 bridgehead atoms. The van der Waals surface area contributed by atoms with Crippen LogP contribution in [0, 0.1) is 5.92 Å². The number of benzene rings is 1. The molecule has 3 heteroatoms. The standard InChI is InChI=1S/C16H25BrN2/c1-13-5-4-8-16(10-13,12-18)19(2)11-14-6-3-7-15(17)9-14/h3,6-7,9,13H,4-5,8,10-12,18H2,1-2H3. The number of hydrogen-bond acceptors (Lipinski definition) is 2. The highest BCUT2D eigenvalue weighted by Crippen LogP contribution is 2.36. The molecule has 0 aliphatic heterocycles. The topological polar surface area (TPSA) is 29.3 Å². The van der Waals surface area contributed by atoms with Gasteiger partial charge in [-0.15, -0.1) is 0 Å². The van der Waals surface area contributed by atoms with E-state index in [-0.39, 0.29) is 5.54 Å². The molecule has 2 nitrogen and oxygen atoms in total. The summed E-state index contributed by atoms with van der Waals surface area (Å²) in [7, 11) is 2.23. The maximum atomic E-state index is 6.13. The van der Waals surface area contributed by atoms with Gasteiger partial charge in [-0.2, -0.15) is 0 Å². The molecule has 2 unspecified atom stereocenters. The van der Waals surface area contributed by atoms with Crippen LogP contribution in [0.2, 0.25) is 0 Å². The third-order valence-corrected chi connectivity index (χ3v) is 5.06. The molecule has 106 valence electrons. The molecule has 0 heterocycles. The van der Waals surface area contributed by atoms with Crippen molar-refractivity contribution in [1.82, 2.24) is 4.90 Å². The third kappa shape index (κ3) is 3.59. The molecule has 2 rings (SSSR count). The van der Waals surface area contributed by atoms with E-state index in [9.17, 15) is 0 Å². The van der Waals surface area contributed by atoms with E-state index in [2.05, 4.69) is 59.1 Å². The summed E-state index contributed by atoms with van der Waals surface area (Å²) < 4.78 is 1.15. The summed E-state index contributed by atoms with van der Waals surface area (Å²) >= 11 is 3.54. The van der Waals surface area contributed by atoms with Gasteiger partial charge in [0.2, 0.25) is 0 Å². The number of nitrogens with zero attached hydrogens (tertiary/aromatic N) is 1. The Kier molecular flexibility index (Phi) is 5.04. The normalized spacial score (nSPS) is 27.7. The number of hydrogen-bond donors (Lipinski definition) is 1. The van der Waals surface area contributed by atoms with Crippen LogP contribution < -0.4 is 5.73 Å². The van der Waals surface area contributed by atoms with Crippen molar-refractivity contribution in [3.05, 3.63) is 34.3 Å². The highest BCUT2D eigenvalue weighted by Gasteiger charge is 2.37. The number of rotatable bonds is 4. The van der Waals surface area contributed by atoms with E-state index in [4.69, 9.17) is 5.73 Å². The van der Waals surface area contributed by atoms with Crippen molar-refractivity contribution in [2.75, 3.05) is 13.6 Å². The third-order valence-electron chi connectivity index (χ3n) is 4.57. The SMILES string of the molecule is CC1CCCC(CN)(N(C)Cc2cccc(Br)c2)C1. The van der Waals surface area contributed by atoms with Gasteiger partial charge in [0, 0.05) is 23.1 Å². The molecule has 2 N–H and O–H groups in total. The Hall–Kier alpha value is -0.380. The minimum absolute atomic E-state index is 0.194. The minimum Gasteiger partial charge on any atom is -0.329 e. The lowest BCUT2D eigenvalue weighted by Gasteiger charge is -2.46. The zero-order valence-corrected chi connectivity index (χ0v) is 13.6. The Balaban J connectivity index is 2.10. The van der Waals surface area contributed by atoms with Gasteiger partial charge in [0.1, 0.15) is 0 Å². The Morgan fingerprint density at radius 3 is 2.89 bits per heavy atom. The van der Waals surface area contributed by atoms with Gasteiger partial charge in [-0.25, -0.2) is 0 Å². The maximum absolute atomic E-state index is 6.13. The average Bonchev–Trinajstić information content (AvgIpc) is 2.38. The predicted octanol–water partition coefficient (Wildman–Crippen LogP) is 3.79. The molecule has 0 saturated heterocycles. The Morgan fingerprint density at radius 2 is 2.26 bits per heavy atom. The van der Waals surface area contributed by atoms with E-state index in [1.165, 1.54) is 31.2 Å². The summed E-state index contributed by atoms with van der Waals surface area (Å²) in [5, 5.41) is 0. The fraction of sp³-hybridized carbons (Fsp3) is 0.625. The van der Waals surface area contributed by atoms with Crippen LogP contribution in [0.1, 0.15) is 38.2 Å². The van der Waals surface area contributed by atoms with Gasteiger partial charge >= 0.3 is 0 Å². The largest absolute Gasteiger partial charge is 0.329 e. The Morgan fingerprint density at radius 1 is 1.47 bits per heavy atom. The first-order valence-corrected chi connectivity index (χ1v) is 8.01. The van der Waals surface area contributed by atoms with Crippen molar-refractivity contribution in [2.24, 2.45) is 11.7 Å². The van der Waals surface area contributed by atoms with Gasteiger partial charge in [-0.05, 0) is 43.5 Å². The summed E-state index contributed by atoms with van der Waals surface area (Å²) in [6.07, 6.45) is 5.13. The molecular formula is C16H25BrN2. The lowest BCUT2D eigenvalue weighted by atomic mass is 9.75. The van der Waals surface area contributed by atoms with Crippen molar-refractivity contribution in [3.63, 3.8) is 0 Å². The van der Waals surface area contributed by atoms with Crippen LogP contribution in [0.5, 0.6) is 0 Å². The molecule has 1 aliphatic rings. The molecule has 2 atom stereocenters. The minimum atomic E-state index is 0.194. The summed E-state index contributed by atoms with van der Waals surface area (Å²) in [4.78, 5) is 2.48. The smallest absolute Gasteiger partial charge is 0.0334 e. The number of nitrogens with two attached hydrogens (primary N) is 1. The summed E-state index contributed by atoms with van der Waals surface area (Å²) in [5.74, 6) is 0.794. The number of halogens is 1. The quantitative estimate of drug-likeness (QED) is 0.913. The van der Waals surface area contributed by atoms with Crippen LogP contribution in [0.15, 0.2) is 28.7 Å². The molecule has 1 fully saturated rings. The molecular weight excluding hydrogens is 300 g/mol. The first-order chi connectivity index (χ1) is 9.05. The van der Waals surface area contributed by atoms with E-state index in [0.29, 0.717) is 0 Å². The van der Waals surface area contributed by atoms with Crippen LogP contribution in [0.3, 0.4) is 0 Å². The second kappa shape index (κ2) is 6.38. The highest BCUT2D eigenvalue weighted by molar-refractivity contribution is 9.10. The molecule has 0 spiro atoms.